The summed E-state index contributed by atoms with van der Waals surface area (Å²) in [6, 6.07) is 13.3. The van der Waals surface area contributed by atoms with E-state index in [-0.39, 0.29) is 11.2 Å². The van der Waals surface area contributed by atoms with Gasteiger partial charge in [-0.15, -0.1) is 0 Å². The second kappa shape index (κ2) is 7.37. The van der Waals surface area contributed by atoms with Crippen molar-refractivity contribution in [1.29, 1.82) is 0 Å². The molecular weight excluding hydrogens is 329 g/mol. The van der Waals surface area contributed by atoms with Gasteiger partial charge in [-0.2, -0.15) is 0 Å². The summed E-state index contributed by atoms with van der Waals surface area (Å²) in [6.45, 7) is 7.13. The van der Waals surface area contributed by atoms with Crippen LogP contribution in [-0.4, -0.2) is 12.3 Å². The minimum absolute atomic E-state index is 0.0439. The van der Waals surface area contributed by atoms with E-state index in [1.807, 2.05) is 12.1 Å². The quantitative estimate of drug-likeness (QED) is 0.673. The molecule has 122 valence electrons. The van der Waals surface area contributed by atoms with E-state index in [0.717, 1.165) is 5.69 Å². The molecule has 23 heavy (non-hydrogen) atoms. The Labute approximate surface area is 147 Å². The van der Waals surface area contributed by atoms with Crippen LogP contribution in [0.3, 0.4) is 0 Å². The summed E-state index contributed by atoms with van der Waals surface area (Å²) in [5, 5.41) is 4.13. The number of carbonyl (C=O) groups is 1. The van der Waals surface area contributed by atoms with Gasteiger partial charge in [0.2, 0.25) is 0 Å². The predicted octanol–water partition coefficient (Wildman–Crippen LogP) is 5.98. The maximum atomic E-state index is 12.1. The van der Waals surface area contributed by atoms with Gasteiger partial charge in [-0.3, -0.25) is 4.79 Å². The topological polar surface area (TPSA) is 29.1 Å². The van der Waals surface area contributed by atoms with Crippen molar-refractivity contribution in [1.82, 2.24) is 0 Å². The van der Waals surface area contributed by atoms with Crippen LogP contribution in [0.15, 0.2) is 42.5 Å². The summed E-state index contributed by atoms with van der Waals surface area (Å²) in [7, 11) is 0. The lowest BCUT2D eigenvalue weighted by atomic mass is 9.87. The maximum Gasteiger partial charge on any atom is 0.164 e. The van der Waals surface area contributed by atoms with Crippen molar-refractivity contribution < 1.29 is 4.79 Å². The third kappa shape index (κ3) is 4.98. The second-order valence-corrected chi connectivity index (χ2v) is 7.37. The van der Waals surface area contributed by atoms with Gasteiger partial charge in [-0.1, -0.05) is 56.1 Å². The zero-order chi connectivity index (χ0) is 17.0. The van der Waals surface area contributed by atoms with Gasteiger partial charge in [-0.25, -0.2) is 0 Å². The largest absolute Gasteiger partial charge is 0.385 e. The number of anilines is 1. The Morgan fingerprint density at radius 1 is 1.00 bits per heavy atom. The molecule has 0 radical (unpaired) electrons. The highest BCUT2D eigenvalue weighted by Crippen LogP contribution is 2.24. The highest BCUT2D eigenvalue weighted by atomic mass is 35.5. The molecule has 2 nitrogen and oxygen atoms in total. The van der Waals surface area contributed by atoms with E-state index >= 15 is 0 Å². The molecule has 0 atom stereocenters. The Morgan fingerprint density at radius 3 is 2.22 bits per heavy atom. The lowest BCUT2D eigenvalue weighted by Crippen LogP contribution is -2.11. The van der Waals surface area contributed by atoms with E-state index in [1.54, 1.807) is 18.2 Å². The summed E-state index contributed by atoms with van der Waals surface area (Å²) >= 11 is 11.8. The van der Waals surface area contributed by atoms with Crippen molar-refractivity contribution >= 4 is 34.7 Å². The molecule has 0 amide bonds. The van der Waals surface area contributed by atoms with E-state index < -0.39 is 0 Å². The Kier molecular flexibility index (Phi) is 5.72. The van der Waals surface area contributed by atoms with Gasteiger partial charge < -0.3 is 5.32 Å². The molecule has 0 unspecified atom stereocenters. The normalized spacial score (nSPS) is 11.3. The molecule has 0 aromatic heterocycles. The van der Waals surface area contributed by atoms with Gasteiger partial charge in [0.05, 0.1) is 10.0 Å². The summed E-state index contributed by atoms with van der Waals surface area (Å²) in [4.78, 5) is 12.1. The summed E-state index contributed by atoms with van der Waals surface area (Å²) in [6.07, 6.45) is 0.402. The first-order chi connectivity index (χ1) is 10.8. The van der Waals surface area contributed by atoms with Crippen LogP contribution in [0, 0.1) is 0 Å². The van der Waals surface area contributed by atoms with Gasteiger partial charge in [0, 0.05) is 24.2 Å². The Morgan fingerprint density at radius 2 is 1.65 bits per heavy atom. The average Bonchev–Trinajstić information content (AvgIpc) is 2.49. The molecule has 0 bridgehead atoms. The van der Waals surface area contributed by atoms with Crippen LogP contribution in [-0.2, 0) is 5.41 Å². The fraction of sp³-hybridized carbons (Fsp3) is 0.316. The average molecular weight is 350 g/mol. The molecule has 0 fully saturated rings. The summed E-state index contributed by atoms with van der Waals surface area (Å²) < 4.78 is 0. The number of nitrogens with one attached hydrogen (secondary N) is 1. The highest BCUT2D eigenvalue weighted by molar-refractivity contribution is 6.42. The van der Waals surface area contributed by atoms with Gasteiger partial charge in [0.1, 0.15) is 0 Å². The van der Waals surface area contributed by atoms with Crippen molar-refractivity contribution in [2.45, 2.75) is 32.6 Å². The van der Waals surface area contributed by atoms with Crippen LogP contribution in [0.5, 0.6) is 0 Å². The lowest BCUT2D eigenvalue weighted by Gasteiger charge is -2.19. The third-order valence-electron chi connectivity index (χ3n) is 3.67. The minimum atomic E-state index is 0.0439. The number of hydrogen-bond donors (Lipinski definition) is 1. The van der Waals surface area contributed by atoms with Crippen LogP contribution in [0.2, 0.25) is 10.0 Å². The zero-order valence-corrected chi connectivity index (χ0v) is 15.1. The van der Waals surface area contributed by atoms with E-state index in [0.29, 0.717) is 28.6 Å². The number of Topliss-reactive ketones (excluding diaryl/α,β-unsaturated/α-hetero) is 1. The standard InChI is InChI=1S/C19H21Cl2NO/c1-19(2,3)14-5-7-15(8-6-14)22-11-10-18(23)13-4-9-16(20)17(21)12-13/h4-9,12,22H,10-11H2,1-3H3. The molecule has 2 aromatic rings. The molecule has 0 saturated carbocycles. The number of hydrogen-bond acceptors (Lipinski definition) is 2. The van der Waals surface area contributed by atoms with Gasteiger partial charge in [0.15, 0.2) is 5.78 Å². The molecule has 0 saturated heterocycles. The van der Waals surface area contributed by atoms with E-state index in [1.165, 1.54) is 5.56 Å². The number of carbonyl (C=O) groups excluding carboxylic acids is 1. The SMILES string of the molecule is CC(C)(C)c1ccc(NCCC(=O)c2ccc(Cl)c(Cl)c2)cc1. The molecule has 2 rings (SSSR count). The van der Waals surface area contributed by atoms with E-state index in [4.69, 9.17) is 23.2 Å². The Bertz CT molecular complexity index is 688. The lowest BCUT2D eigenvalue weighted by molar-refractivity contribution is 0.0986. The van der Waals surface area contributed by atoms with Crippen molar-refractivity contribution in [2.24, 2.45) is 0 Å². The van der Waals surface area contributed by atoms with E-state index in [2.05, 4.69) is 38.2 Å². The van der Waals surface area contributed by atoms with Gasteiger partial charge >= 0.3 is 0 Å². The monoisotopic (exact) mass is 349 g/mol. The van der Waals surface area contributed by atoms with E-state index in [9.17, 15) is 4.79 Å². The highest BCUT2D eigenvalue weighted by Gasteiger charge is 2.13. The molecule has 1 N–H and O–H groups in total. The fourth-order valence-corrected chi connectivity index (χ4v) is 2.52. The smallest absolute Gasteiger partial charge is 0.164 e. The molecule has 0 spiro atoms. The van der Waals surface area contributed by atoms with Crippen LogP contribution >= 0.6 is 23.2 Å². The molecule has 2 aromatic carbocycles. The molecule has 0 aliphatic carbocycles. The van der Waals surface area contributed by atoms with Crippen LogP contribution in [0.4, 0.5) is 5.69 Å². The minimum Gasteiger partial charge on any atom is -0.385 e. The molecule has 4 heteroatoms. The number of benzene rings is 2. The first-order valence-electron chi connectivity index (χ1n) is 7.60. The Balaban J connectivity index is 1.89. The number of ketones is 1. The predicted molar refractivity (Wildman–Crippen MR) is 99.0 cm³/mol. The van der Waals surface area contributed by atoms with Gasteiger partial charge in [-0.05, 0) is 41.3 Å². The van der Waals surface area contributed by atoms with Crippen LogP contribution in [0.1, 0.15) is 43.1 Å². The second-order valence-electron chi connectivity index (χ2n) is 6.56. The third-order valence-corrected chi connectivity index (χ3v) is 4.41. The number of halogens is 2. The molecule has 0 heterocycles. The first-order valence-corrected chi connectivity index (χ1v) is 8.35. The van der Waals surface area contributed by atoms with Crippen LogP contribution < -0.4 is 5.32 Å². The fourth-order valence-electron chi connectivity index (χ4n) is 2.22. The zero-order valence-electron chi connectivity index (χ0n) is 13.6. The summed E-state index contributed by atoms with van der Waals surface area (Å²) in [5.74, 6) is 0.0439. The molecule has 0 aliphatic heterocycles. The summed E-state index contributed by atoms with van der Waals surface area (Å²) in [5.41, 5.74) is 3.03. The van der Waals surface area contributed by atoms with Crippen molar-refractivity contribution in [3.05, 3.63) is 63.6 Å². The number of rotatable bonds is 5. The first kappa shape index (κ1) is 17.8. The van der Waals surface area contributed by atoms with Crippen molar-refractivity contribution in [3.8, 4) is 0 Å². The maximum absolute atomic E-state index is 12.1. The Hall–Kier alpha value is -1.51. The van der Waals surface area contributed by atoms with Gasteiger partial charge in [0.25, 0.3) is 0 Å². The molecule has 0 aliphatic rings. The van der Waals surface area contributed by atoms with Crippen molar-refractivity contribution in [2.75, 3.05) is 11.9 Å². The molecular formula is C19H21Cl2NO. The van der Waals surface area contributed by atoms with Crippen molar-refractivity contribution in [3.63, 3.8) is 0 Å². The van der Waals surface area contributed by atoms with Crippen LogP contribution in [0.25, 0.3) is 0 Å².